The van der Waals surface area contributed by atoms with E-state index < -0.39 is 0 Å². The molecule has 0 spiro atoms. The average Bonchev–Trinajstić information content (AvgIpc) is 2.44. The number of rotatable bonds is 9. The highest BCUT2D eigenvalue weighted by molar-refractivity contribution is 6.35. The minimum Gasteiger partial charge on any atom is -0.271 e. The van der Waals surface area contributed by atoms with E-state index in [9.17, 15) is 0 Å². The fourth-order valence-corrected chi connectivity index (χ4v) is 3.03. The Kier molecular flexibility index (Phi) is 8.55. The molecular weight excluding hydrogens is 291 g/mol. The molecule has 3 N–H and O–H groups in total. The summed E-state index contributed by atoms with van der Waals surface area (Å²) in [6.07, 6.45) is 6.95. The van der Waals surface area contributed by atoms with Gasteiger partial charge in [0.2, 0.25) is 0 Å². The Morgan fingerprint density at radius 2 is 2.00 bits per heavy atom. The van der Waals surface area contributed by atoms with Gasteiger partial charge in [0.1, 0.15) is 0 Å². The van der Waals surface area contributed by atoms with E-state index in [2.05, 4.69) is 19.3 Å². The molecule has 0 radical (unpaired) electrons. The standard InChI is InChI=1S/C16H26Cl2N2/c1-3-5-6-12(4-2)9-15(20-19)10-13-7-8-14(17)11-16(13)18/h7-8,11-12,15,20H,3-6,9-10,19H2,1-2H3. The van der Waals surface area contributed by atoms with E-state index in [1.807, 2.05) is 12.1 Å². The highest BCUT2D eigenvalue weighted by atomic mass is 35.5. The van der Waals surface area contributed by atoms with Crippen molar-refractivity contribution in [1.82, 2.24) is 5.43 Å². The fraction of sp³-hybridized carbons (Fsp3) is 0.625. The van der Waals surface area contributed by atoms with E-state index in [1.54, 1.807) is 6.07 Å². The minimum absolute atomic E-state index is 0.260. The molecule has 0 fully saturated rings. The van der Waals surface area contributed by atoms with Gasteiger partial charge in [0.05, 0.1) is 0 Å². The molecule has 0 heterocycles. The van der Waals surface area contributed by atoms with Gasteiger partial charge < -0.3 is 0 Å². The molecule has 0 aromatic heterocycles. The van der Waals surface area contributed by atoms with E-state index in [0.29, 0.717) is 5.02 Å². The summed E-state index contributed by atoms with van der Waals surface area (Å²) in [5, 5.41) is 1.39. The summed E-state index contributed by atoms with van der Waals surface area (Å²) >= 11 is 12.2. The van der Waals surface area contributed by atoms with Crippen molar-refractivity contribution in [2.24, 2.45) is 11.8 Å². The highest BCUT2D eigenvalue weighted by Crippen LogP contribution is 2.25. The van der Waals surface area contributed by atoms with Crippen molar-refractivity contribution in [1.29, 1.82) is 0 Å². The molecule has 0 bridgehead atoms. The second kappa shape index (κ2) is 9.62. The topological polar surface area (TPSA) is 38.0 Å². The minimum atomic E-state index is 0.260. The van der Waals surface area contributed by atoms with Crippen molar-refractivity contribution >= 4 is 23.2 Å². The second-order valence-corrected chi connectivity index (χ2v) is 6.30. The fourth-order valence-electron chi connectivity index (χ4n) is 2.55. The van der Waals surface area contributed by atoms with Gasteiger partial charge in [0, 0.05) is 16.1 Å². The number of hydrogen-bond acceptors (Lipinski definition) is 2. The monoisotopic (exact) mass is 316 g/mol. The summed E-state index contributed by atoms with van der Waals surface area (Å²) in [5.41, 5.74) is 4.04. The van der Waals surface area contributed by atoms with Crippen LogP contribution in [0.5, 0.6) is 0 Å². The third-order valence-corrected chi connectivity index (χ3v) is 4.47. The van der Waals surface area contributed by atoms with Crippen LogP contribution >= 0.6 is 23.2 Å². The lowest BCUT2D eigenvalue weighted by molar-refractivity contribution is 0.350. The molecule has 0 aliphatic heterocycles. The van der Waals surface area contributed by atoms with Crippen LogP contribution in [0.1, 0.15) is 51.5 Å². The van der Waals surface area contributed by atoms with Crippen LogP contribution in [0.3, 0.4) is 0 Å². The molecule has 1 rings (SSSR count). The molecule has 4 heteroatoms. The van der Waals surface area contributed by atoms with Crippen LogP contribution in [0.15, 0.2) is 18.2 Å². The maximum Gasteiger partial charge on any atom is 0.0453 e. The van der Waals surface area contributed by atoms with Gasteiger partial charge in [0.25, 0.3) is 0 Å². The predicted molar refractivity (Wildman–Crippen MR) is 89.2 cm³/mol. The smallest absolute Gasteiger partial charge is 0.0453 e. The first kappa shape index (κ1) is 17.8. The predicted octanol–water partition coefficient (Wildman–Crippen LogP) is 4.97. The first-order chi connectivity index (χ1) is 9.60. The molecule has 0 saturated carbocycles. The summed E-state index contributed by atoms with van der Waals surface area (Å²) in [6.45, 7) is 4.49. The third kappa shape index (κ3) is 6.01. The summed E-state index contributed by atoms with van der Waals surface area (Å²) < 4.78 is 0. The molecule has 0 saturated heterocycles. The normalized spacial score (nSPS) is 14.2. The van der Waals surface area contributed by atoms with E-state index in [4.69, 9.17) is 29.0 Å². The van der Waals surface area contributed by atoms with Gasteiger partial charge in [0.15, 0.2) is 0 Å². The van der Waals surface area contributed by atoms with Crippen molar-refractivity contribution in [2.75, 3.05) is 0 Å². The van der Waals surface area contributed by atoms with Crippen molar-refractivity contribution in [2.45, 2.75) is 58.4 Å². The summed E-state index contributed by atoms with van der Waals surface area (Å²) in [5.74, 6) is 6.44. The number of unbranched alkanes of at least 4 members (excludes halogenated alkanes) is 1. The highest BCUT2D eigenvalue weighted by Gasteiger charge is 2.16. The summed E-state index contributed by atoms with van der Waals surface area (Å²) in [4.78, 5) is 0. The Bertz CT molecular complexity index is 396. The van der Waals surface area contributed by atoms with E-state index in [1.165, 1.54) is 25.7 Å². The first-order valence-electron chi connectivity index (χ1n) is 7.50. The van der Waals surface area contributed by atoms with Crippen LogP contribution in [0, 0.1) is 5.92 Å². The van der Waals surface area contributed by atoms with Crippen molar-refractivity contribution < 1.29 is 0 Å². The molecule has 2 unspecified atom stereocenters. The summed E-state index contributed by atoms with van der Waals surface area (Å²) in [7, 11) is 0. The number of hydrogen-bond donors (Lipinski definition) is 2. The Labute approximate surface area is 133 Å². The number of nitrogens with one attached hydrogen (secondary N) is 1. The Morgan fingerprint density at radius 3 is 2.55 bits per heavy atom. The maximum absolute atomic E-state index is 6.23. The van der Waals surface area contributed by atoms with E-state index in [0.717, 1.165) is 29.3 Å². The van der Waals surface area contributed by atoms with Crippen molar-refractivity contribution in [3.05, 3.63) is 33.8 Å². The Hall–Kier alpha value is -0.280. The molecular formula is C16H26Cl2N2. The van der Waals surface area contributed by atoms with Crippen LogP contribution < -0.4 is 11.3 Å². The van der Waals surface area contributed by atoms with Gasteiger partial charge in [-0.25, -0.2) is 0 Å². The van der Waals surface area contributed by atoms with Crippen LogP contribution in [0.25, 0.3) is 0 Å². The maximum atomic E-state index is 6.23. The molecule has 114 valence electrons. The zero-order valence-electron chi connectivity index (χ0n) is 12.5. The van der Waals surface area contributed by atoms with Gasteiger partial charge in [-0.15, -0.1) is 0 Å². The van der Waals surface area contributed by atoms with Crippen molar-refractivity contribution in [3.63, 3.8) is 0 Å². The Balaban J connectivity index is 2.61. The molecule has 1 aromatic carbocycles. The van der Waals surface area contributed by atoms with E-state index >= 15 is 0 Å². The Morgan fingerprint density at radius 1 is 1.25 bits per heavy atom. The zero-order chi connectivity index (χ0) is 15.0. The second-order valence-electron chi connectivity index (χ2n) is 5.46. The number of hydrazine groups is 1. The van der Waals surface area contributed by atoms with Gasteiger partial charge in [-0.1, -0.05) is 68.8 Å². The number of halogens is 2. The summed E-state index contributed by atoms with van der Waals surface area (Å²) in [6, 6.07) is 5.92. The number of nitrogens with two attached hydrogens (primary N) is 1. The first-order valence-corrected chi connectivity index (χ1v) is 8.26. The molecule has 2 nitrogen and oxygen atoms in total. The SMILES string of the molecule is CCCCC(CC)CC(Cc1ccc(Cl)cc1Cl)NN. The lowest BCUT2D eigenvalue weighted by Crippen LogP contribution is -2.38. The largest absolute Gasteiger partial charge is 0.271 e. The van der Waals surface area contributed by atoms with Crippen LogP contribution in [-0.4, -0.2) is 6.04 Å². The van der Waals surface area contributed by atoms with Gasteiger partial charge >= 0.3 is 0 Å². The average molecular weight is 317 g/mol. The van der Waals surface area contributed by atoms with Crippen molar-refractivity contribution in [3.8, 4) is 0 Å². The van der Waals surface area contributed by atoms with Gasteiger partial charge in [-0.3, -0.25) is 11.3 Å². The van der Waals surface area contributed by atoms with Crippen LogP contribution in [-0.2, 0) is 6.42 Å². The third-order valence-electron chi connectivity index (χ3n) is 3.88. The molecule has 1 aromatic rings. The van der Waals surface area contributed by atoms with E-state index in [-0.39, 0.29) is 6.04 Å². The molecule has 20 heavy (non-hydrogen) atoms. The molecule has 0 aliphatic rings. The van der Waals surface area contributed by atoms with Crippen LogP contribution in [0.2, 0.25) is 10.0 Å². The van der Waals surface area contributed by atoms with Gasteiger partial charge in [-0.05, 0) is 36.5 Å². The molecule has 0 aliphatic carbocycles. The zero-order valence-corrected chi connectivity index (χ0v) is 14.0. The number of benzene rings is 1. The van der Waals surface area contributed by atoms with Crippen LogP contribution in [0.4, 0.5) is 0 Å². The van der Waals surface area contributed by atoms with Gasteiger partial charge in [-0.2, -0.15) is 0 Å². The lowest BCUT2D eigenvalue weighted by Gasteiger charge is -2.22. The lowest BCUT2D eigenvalue weighted by atomic mass is 9.90. The molecule has 0 amide bonds. The molecule has 2 atom stereocenters. The quantitative estimate of drug-likeness (QED) is 0.498.